The van der Waals surface area contributed by atoms with E-state index in [1.807, 2.05) is 4.52 Å². The molecule has 0 aliphatic heterocycles. The molecule has 3 aliphatic rings. The molecule has 3 aliphatic carbocycles. The van der Waals surface area contributed by atoms with Gasteiger partial charge in [0, 0.05) is 27.6 Å². The normalized spacial score (nSPS) is 25.0. The lowest BCUT2D eigenvalue weighted by Crippen LogP contribution is -2.08. The monoisotopic (exact) mass is 430 g/mol. The highest BCUT2D eigenvalue weighted by atomic mass is 32.1. The maximum absolute atomic E-state index is 4.55. The lowest BCUT2D eigenvalue weighted by molar-refractivity contribution is 0.424. The van der Waals surface area contributed by atoms with Gasteiger partial charge in [-0.15, -0.1) is 11.3 Å². The maximum Gasteiger partial charge on any atom is 0.158 e. The van der Waals surface area contributed by atoms with Crippen molar-refractivity contribution in [2.75, 3.05) is 0 Å². The summed E-state index contributed by atoms with van der Waals surface area (Å²) in [6, 6.07) is 0. The number of aromatic nitrogens is 4. The second-order valence-corrected chi connectivity index (χ2v) is 11.6. The highest BCUT2D eigenvalue weighted by Crippen LogP contribution is 2.56. The van der Waals surface area contributed by atoms with Gasteiger partial charge in [-0.05, 0) is 85.8 Å². The minimum absolute atomic E-state index is 0.480. The van der Waals surface area contributed by atoms with Crippen molar-refractivity contribution in [2.24, 2.45) is 11.8 Å². The summed E-state index contributed by atoms with van der Waals surface area (Å²) in [5.41, 5.74) is 9.68. The van der Waals surface area contributed by atoms with Gasteiger partial charge < -0.3 is 4.98 Å². The van der Waals surface area contributed by atoms with E-state index >= 15 is 0 Å². The van der Waals surface area contributed by atoms with Crippen molar-refractivity contribution in [3.05, 3.63) is 39.7 Å². The van der Waals surface area contributed by atoms with Crippen LogP contribution in [-0.4, -0.2) is 19.6 Å². The predicted octanol–water partition coefficient (Wildman–Crippen LogP) is 6.76. The Morgan fingerprint density at radius 2 is 2.03 bits per heavy atom. The largest absolute Gasteiger partial charge is 0.346 e. The molecule has 4 nitrogen and oxygen atoms in total. The molecule has 31 heavy (non-hydrogen) atoms. The molecule has 0 spiro atoms. The zero-order chi connectivity index (χ0) is 20.9. The molecule has 0 saturated heterocycles. The van der Waals surface area contributed by atoms with Gasteiger partial charge >= 0.3 is 0 Å². The Kier molecular flexibility index (Phi) is 3.83. The molecule has 2 saturated carbocycles. The van der Waals surface area contributed by atoms with Crippen LogP contribution >= 0.6 is 11.3 Å². The lowest BCUT2D eigenvalue weighted by Gasteiger charge is -2.21. The summed E-state index contributed by atoms with van der Waals surface area (Å²) < 4.78 is 1.99. The molecule has 3 atom stereocenters. The van der Waals surface area contributed by atoms with Gasteiger partial charge in [-0.3, -0.25) is 0 Å². The Balaban J connectivity index is 1.44. The fraction of sp³-hybridized carbons (Fsp3) is 0.538. The number of fused-ring (bicyclic) bond motifs is 6. The molecule has 2 bridgehead atoms. The molecule has 2 fully saturated rings. The second kappa shape index (κ2) is 6.44. The first kappa shape index (κ1) is 18.4. The van der Waals surface area contributed by atoms with Crippen LogP contribution in [0.5, 0.6) is 0 Å². The first-order valence-corrected chi connectivity index (χ1v) is 12.9. The lowest BCUT2D eigenvalue weighted by atomic mass is 9.85. The SMILES string of the molecule is Cc1c(C2C[C@H]3CC[C@@H]2C3)sc2[nH]c(-c3cn4ncnc4c4c3CCC4)c(C(C)C)c12. The predicted molar refractivity (Wildman–Crippen MR) is 127 cm³/mol. The first-order chi connectivity index (χ1) is 15.1. The van der Waals surface area contributed by atoms with Gasteiger partial charge in [0.1, 0.15) is 11.2 Å². The Hall–Kier alpha value is -2.14. The summed E-state index contributed by atoms with van der Waals surface area (Å²) in [5.74, 6) is 3.22. The topological polar surface area (TPSA) is 46.0 Å². The van der Waals surface area contributed by atoms with Crippen LogP contribution in [0.3, 0.4) is 0 Å². The molecule has 0 aromatic carbocycles. The number of hydrogen-bond acceptors (Lipinski definition) is 3. The fourth-order valence-electron chi connectivity index (χ4n) is 7.22. The average Bonchev–Trinajstić information content (AvgIpc) is 3.56. The number of thiophene rings is 1. The highest BCUT2D eigenvalue weighted by Gasteiger charge is 2.42. The van der Waals surface area contributed by atoms with E-state index in [1.54, 1.807) is 16.8 Å². The third-order valence-electron chi connectivity index (χ3n) is 8.52. The van der Waals surface area contributed by atoms with Gasteiger partial charge in [-0.1, -0.05) is 20.3 Å². The number of H-pyrrole nitrogens is 1. The number of rotatable bonds is 3. The molecule has 1 unspecified atom stereocenters. The molecule has 0 radical (unpaired) electrons. The van der Waals surface area contributed by atoms with Crippen molar-refractivity contribution in [1.82, 2.24) is 19.6 Å². The minimum Gasteiger partial charge on any atom is -0.346 e. The number of nitrogens with one attached hydrogen (secondary N) is 1. The third-order valence-corrected chi connectivity index (χ3v) is 9.86. The van der Waals surface area contributed by atoms with Gasteiger partial charge in [0.05, 0.1) is 5.69 Å². The Labute approximate surface area is 187 Å². The number of nitrogens with zero attached hydrogens (tertiary/aromatic N) is 3. The van der Waals surface area contributed by atoms with Crippen molar-refractivity contribution in [1.29, 1.82) is 0 Å². The van der Waals surface area contributed by atoms with Crippen LogP contribution in [0.2, 0.25) is 0 Å². The summed E-state index contributed by atoms with van der Waals surface area (Å²) in [5, 5.41) is 6.01. The third kappa shape index (κ3) is 2.47. The van der Waals surface area contributed by atoms with Gasteiger partial charge in [0.2, 0.25) is 0 Å². The standard InChI is InChI=1S/C26H30N4S/c1-13(2)21-22-14(3)24(19-10-15-7-8-16(19)9-15)31-26(22)29-23(21)20-11-30-25(27-12-28-30)18-6-4-5-17(18)20/h11-13,15-16,19,29H,4-10H2,1-3H3/t15-,16+,19?/m0/s1. The number of pyridine rings is 1. The van der Waals surface area contributed by atoms with E-state index in [0.717, 1.165) is 36.2 Å². The van der Waals surface area contributed by atoms with Crippen molar-refractivity contribution in [3.8, 4) is 11.3 Å². The summed E-state index contributed by atoms with van der Waals surface area (Å²) in [7, 11) is 0. The van der Waals surface area contributed by atoms with Crippen LogP contribution in [0.25, 0.3) is 27.1 Å². The van der Waals surface area contributed by atoms with E-state index in [4.69, 9.17) is 0 Å². The highest BCUT2D eigenvalue weighted by molar-refractivity contribution is 7.19. The average molecular weight is 431 g/mol. The van der Waals surface area contributed by atoms with Crippen molar-refractivity contribution < 1.29 is 0 Å². The quantitative estimate of drug-likeness (QED) is 0.390. The fourth-order valence-corrected chi connectivity index (χ4v) is 8.66. The Morgan fingerprint density at radius 1 is 1.16 bits per heavy atom. The van der Waals surface area contributed by atoms with Crippen LogP contribution < -0.4 is 0 Å². The van der Waals surface area contributed by atoms with E-state index in [9.17, 15) is 0 Å². The first-order valence-electron chi connectivity index (χ1n) is 12.1. The van der Waals surface area contributed by atoms with E-state index in [2.05, 4.69) is 53.4 Å². The molecule has 0 amide bonds. The summed E-state index contributed by atoms with van der Waals surface area (Å²) in [6.45, 7) is 7.11. The molecule has 4 heterocycles. The summed E-state index contributed by atoms with van der Waals surface area (Å²) in [4.78, 5) is 11.5. The molecule has 7 rings (SSSR count). The molecule has 4 aromatic rings. The van der Waals surface area contributed by atoms with Crippen LogP contribution in [0.1, 0.15) is 84.9 Å². The van der Waals surface area contributed by atoms with Crippen LogP contribution in [-0.2, 0) is 12.8 Å². The van der Waals surface area contributed by atoms with Gasteiger partial charge in [0.25, 0.3) is 0 Å². The number of aryl methyl sites for hydroxylation is 2. The molecular weight excluding hydrogens is 400 g/mol. The maximum atomic E-state index is 4.55. The molecule has 5 heteroatoms. The smallest absolute Gasteiger partial charge is 0.158 e. The van der Waals surface area contributed by atoms with Crippen LogP contribution in [0, 0.1) is 18.8 Å². The minimum atomic E-state index is 0.480. The van der Waals surface area contributed by atoms with Gasteiger partial charge in [-0.2, -0.15) is 5.10 Å². The van der Waals surface area contributed by atoms with Gasteiger partial charge in [-0.25, -0.2) is 9.50 Å². The molecule has 4 aromatic heterocycles. The van der Waals surface area contributed by atoms with Gasteiger partial charge in [0.15, 0.2) is 5.65 Å². The van der Waals surface area contributed by atoms with Crippen molar-refractivity contribution >= 4 is 27.2 Å². The zero-order valence-electron chi connectivity index (χ0n) is 18.7. The van der Waals surface area contributed by atoms with Crippen molar-refractivity contribution in [3.63, 3.8) is 0 Å². The van der Waals surface area contributed by atoms with Crippen LogP contribution in [0.15, 0.2) is 12.5 Å². The number of hydrogen-bond donors (Lipinski definition) is 1. The van der Waals surface area contributed by atoms with E-state index in [1.165, 1.54) is 70.3 Å². The van der Waals surface area contributed by atoms with E-state index in [0.29, 0.717) is 5.92 Å². The Morgan fingerprint density at radius 3 is 2.81 bits per heavy atom. The van der Waals surface area contributed by atoms with Crippen molar-refractivity contribution in [2.45, 2.75) is 77.6 Å². The number of aromatic amines is 1. The Bertz CT molecular complexity index is 1340. The summed E-state index contributed by atoms with van der Waals surface area (Å²) >= 11 is 2.06. The zero-order valence-corrected chi connectivity index (χ0v) is 19.5. The molecule has 160 valence electrons. The molecular formula is C26H30N4S. The van der Waals surface area contributed by atoms with Crippen LogP contribution in [0.4, 0.5) is 0 Å². The second-order valence-electron chi connectivity index (χ2n) is 10.5. The van der Waals surface area contributed by atoms with E-state index < -0.39 is 0 Å². The summed E-state index contributed by atoms with van der Waals surface area (Å²) in [6.07, 6.45) is 13.2. The van der Waals surface area contributed by atoms with E-state index in [-0.39, 0.29) is 0 Å². The molecule has 1 N–H and O–H groups in total.